The monoisotopic (exact) mass is 481 g/mol. The number of imide groups is 1. The van der Waals surface area contributed by atoms with Gasteiger partial charge < -0.3 is 14.5 Å². The average Bonchev–Trinajstić information content (AvgIpc) is 3.41. The number of aromatic amines is 1. The van der Waals surface area contributed by atoms with Crippen LogP contribution >= 0.6 is 0 Å². The molecule has 3 heterocycles. The molecule has 0 spiro atoms. The molecule has 2 aliphatic rings. The van der Waals surface area contributed by atoms with Gasteiger partial charge in [-0.05, 0) is 41.5 Å². The molecule has 1 aromatic heterocycles. The summed E-state index contributed by atoms with van der Waals surface area (Å²) in [6, 6.07) is 20.2. The summed E-state index contributed by atoms with van der Waals surface area (Å²) in [7, 11) is 2.88. The van der Waals surface area contributed by atoms with Gasteiger partial charge in [-0.15, -0.1) is 0 Å². The Kier molecular flexibility index (Phi) is 5.03. The number of hydrogen-bond donors (Lipinski definition) is 1. The van der Waals surface area contributed by atoms with Crippen LogP contribution in [0.5, 0.6) is 5.75 Å². The first-order valence-corrected chi connectivity index (χ1v) is 11.6. The summed E-state index contributed by atoms with van der Waals surface area (Å²) >= 11 is 0. The molecule has 3 amide bonds. The van der Waals surface area contributed by atoms with Crippen molar-refractivity contribution in [1.29, 1.82) is 0 Å². The maximum absolute atomic E-state index is 13.9. The number of H-pyrrole nitrogens is 1. The van der Waals surface area contributed by atoms with Gasteiger partial charge in [0, 0.05) is 29.1 Å². The number of carbonyl (C=O) groups is 3. The lowest BCUT2D eigenvalue weighted by atomic mass is 9.88. The highest BCUT2D eigenvalue weighted by atomic mass is 16.5. The Morgan fingerprint density at radius 2 is 1.75 bits per heavy atom. The third-order valence-electron chi connectivity index (χ3n) is 7.01. The van der Waals surface area contributed by atoms with Gasteiger partial charge in [0.2, 0.25) is 0 Å². The first-order chi connectivity index (χ1) is 17.5. The molecule has 36 heavy (non-hydrogen) atoms. The molecule has 1 N–H and O–H groups in total. The summed E-state index contributed by atoms with van der Waals surface area (Å²) in [6.45, 7) is 0. The number of para-hydroxylation sites is 1. The van der Waals surface area contributed by atoms with Gasteiger partial charge in [0.1, 0.15) is 17.8 Å². The molecule has 1 unspecified atom stereocenters. The van der Waals surface area contributed by atoms with Gasteiger partial charge in [-0.2, -0.15) is 0 Å². The number of aromatic nitrogens is 1. The summed E-state index contributed by atoms with van der Waals surface area (Å²) in [5.74, 6) is -0.157. The van der Waals surface area contributed by atoms with E-state index in [-0.39, 0.29) is 5.91 Å². The minimum Gasteiger partial charge on any atom is -0.497 e. The first kappa shape index (κ1) is 21.9. The van der Waals surface area contributed by atoms with Crippen molar-refractivity contribution in [1.82, 2.24) is 9.88 Å². The predicted octanol–water partition coefficient (Wildman–Crippen LogP) is 4.45. The summed E-state index contributed by atoms with van der Waals surface area (Å²) in [5.41, 5.74) is 4.49. The molecular weight excluding hydrogens is 458 g/mol. The van der Waals surface area contributed by atoms with E-state index >= 15 is 0 Å². The second kappa shape index (κ2) is 8.27. The largest absolute Gasteiger partial charge is 0.497 e. The van der Waals surface area contributed by atoms with E-state index in [0.717, 1.165) is 27.7 Å². The number of anilines is 1. The predicted molar refractivity (Wildman–Crippen MR) is 133 cm³/mol. The second-order valence-corrected chi connectivity index (χ2v) is 8.86. The van der Waals surface area contributed by atoms with Gasteiger partial charge in [0.15, 0.2) is 0 Å². The summed E-state index contributed by atoms with van der Waals surface area (Å²) < 4.78 is 10.1. The molecule has 0 aliphatic carbocycles. The Bertz CT molecular complexity index is 1520. The van der Waals surface area contributed by atoms with Crippen molar-refractivity contribution in [2.24, 2.45) is 0 Å². The number of rotatable bonds is 4. The van der Waals surface area contributed by atoms with Crippen molar-refractivity contribution in [2.45, 2.75) is 18.5 Å². The normalized spacial score (nSPS) is 18.8. The fraction of sp³-hybridized carbons (Fsp3) is 0.179. The second-order valence-electron chi connectivity index (χ2n) is 8.86. The zero-order chi connectivity index (χ0) is 25.0. The lowest BCUT2D eigenvalue weighted by Gasteiger charge is -2.36. The highest BCUT2D eigenvalue weighted by Crippen LogP contribution is 2.45. The van der Waals surface area contributed by atoms with Crippen molar-refractivity contribution in [3.05, 3.63) is 95.2 Å². The van der Waals surface area contributed by atoms with Crippen LogP contribution in [0, 0.1) is 0 Å². The standard InChI is InChI=1S/C28H23N3O5/c1-35-19-7-5-6-18(14-19)30-26(32)23-15-21-20-8-3-4-9-22(20)29-24(21)25(31(23)28(30)34)16-10-12-17(13-11-16)27(33)36-2/h3-14,23,25,29H,15H2,1-2H3/t23-,25?/m0/s1. The maximum atomic E-state index is 13.9. The van der Waals surface area contributed by atoms with E-state index in [9.17, 15) is 14.4 Å². The fourth-order valence-electron chi connectivity index (χ4n) is 5.33. The SMILES string of the molecule is COC(=O)c1ccc(C2c3[nH]c4ccccc4c3C[C@H]3C(=O)N(c4cccc(OC)c4)C(=O)N23)cc1. The van der Waals surface area contributed by atoms with E-state index in [4.69, 9.17) is 9.47 Å². The first-order valence-electron chi connectivity index (χ1n) is 11.6. The molecule has 1 saturated heterocycles. The summed E-state index contributed by atoms with van der Waals surface area (Å²) in [5, 5.41) is 1.03. The summed E-state index contributed by atoms with van der Waals surface area (Å²) in [4.78, 5) is 46.0. The third kappa shape index (κ3) is 3.18. The maximum Gasteiger partial charge on any atom is 0.337 e. The number of benzene rings is 3. The van der Waals surface area contributed by atoms with Gasteiger partial charge in [-0.3, -0.25) is 9.69 Å². The number of esters is 1. The molecule has 2 atom stereocenters. The van der Waals surface area contributed by atoms with E-state index in [0.29, 0.717) is 23.4 Å². The number of nitrogens with one attached hydrogen (secondary N) is 1. The lowest BCUT2D eigenvalue weighted by Crippen LogP contribution is -2.44. The molecule has 0 radical (unpaired) electrons. The number of carbonyl (C=O) groups excluding carboxylic acids is 3. The number of fused-ring (bicyclic) bond motifs is 4. The van der Waals surface area contributed by atoms with Crippen LogP contribution in [0.2, 0.25) is 0 Å². The van der Waals surface area contributed by atoms with E-state index in [1.807, 2.05) is 24.3 Å². The van der Waals surface area contributed by atoms with Crippen LogP contribution in [0.25, 0.3) is 10.9 Å². The van der Waals surface area contributed by atoms with Crippen molar-refractivity contribution >= 4 is 34.5 Å². The Balaban J connectivity index is 1.50. The number of hydrogen-bond acceptors (Lipinski definition) is 5. The minimum atomic E-state index is -0.666. The minimum absolute atomic E-state index is 0.277. The molecule has 0 bridgehead atoms. The number of amides is 3. The number of ether oxygens (including phenoxy) is 2. The molecule has 3 aromatic carbocycles. The molecule has 1 fully saturated rings. The molecule has 8 heteroatoms. The number of methoxy groups -OCH3 is 2. The van der Waals surface area contributed by atoms with E-state index in [1.165, 1.54) is 12.0 Å². The quantitative estimate of drug-likeness (QED) is 0.344. The van der Waals surface area contributed by atoms with Crippen LogP contribution in [0.3, 0.4) is 0 Å². The molecule has 4 aromatic rings. The van der Waals surface area contributed by atoms with E-state index in [2.05, 4.69) is 4.98 Å². The van der Waals surface area contributed by atoms with Crippen molar-refractivity contribution in [3.63, 3.8) is 0 Å². The molecule has 8 nitrogen and oxygen atoms in total. The Labute approximate surface area is 207 Å². The molecule has 6 rings (SSSR count). The zero-order valence-corrected chi connectivity index (χ0v) is 19.7. The molecular formula is C28H23N3O5. The van der Waals surface area contributed by atoms with Crippen LogP contribution in [0.4, 0.5) is 10.5 Å². The fourth-order valence-corrected chi connectivity index (χ4v) is 5.33. The van der Waals surface area contributed by atoms with Crippen molar-refractivity contribution in [2.75, 3.05) is 19.1 Å². The van der Waals surface area contributed by atoms with E-state index < -0.39 is 24.1 Å². The molecule has 180 valence electrons. The van der Waals surface area contributed by atoms with Crippen LogP contribution < -0.4 is 9.64 Å². The lowest BCUT2D eigenvalue weighted by molar-refractivity contribution is -0.120. The van der Waals surface area contributed by atoms with Gasteiger partial charge in [-0.1, -0.05) is 36.4 Å². The highest BCUT2D eigenvalue weighted by molar-refractivity contribution is 6.22. The topological polar surface area (TPSA) is 91.9 Å². The smallest absolute Gasteiger partial charge is 0.337 e. The van der Waals surface area contributed by atoms with Crippen molar-refractivity contribution < 1.29 is 23.9 Å². The number of urea groups is 1. The van der Waals surface area contributed by atoms with Crippen molar-refractivity contribution in [3.8, 4) is 5.75 Å². The Hall–Kier alpha value is -4.59. The van der Waals surface area contributed by atoms with Gasteiger partial charge >= 0.3 is 12.0 Å². The van der Waals surface area contributed by atoms with E-state index in [1.54, 1.807) is 60.5 Å². The Morgan fingerprint density at radius 1 is 0.972 bits per heavy atom. The molecule has 2 aliphatic heterocycles. The van der Waals surface area contributed by atoms with Gasteiger partial charge in [0.05, 0.1) is 25.5 Å². The van der Waals surface area contributed by atoms with Crippen LogP contribution in [-0.4, -0.2) is 48.1 Å². The molecule has 0 saturated carbocycles. The van der Waals surface area contributed by atoms with Gasteiger partial charge in [-0.25, -0.2) is 14.5 Å². The zero-order valence-electron chi connectivity index (χ0n) is 19.7. The van der Waals surface area contributed by atoms with Crippen LogP contribution in [0.15, 0.2) is 72.8 Å². The highest BCUT2D eigenvalue weighted by Gasteiger charge is 2.53. The Morgan fingerprint density at radius 3 is 2.50 bits per heavy atom. The van der Waals surface area contributed by atoms with Crippen LogP contribution in [0.1, 0.15) is 33.2 Å². The number of nitrogens with zero attached hydrogens (tertiary/aromatic N) is 2. The van der Waals surface area contributed by atoms with Crippen LogP contribution in [-0.2, 0) is 16.0 Å². The summed E-state index contributed by atoms with van der Waals surface area (Å²) in [6.07, 6.45) is 0.404. The van der Waals surface area contributed by atoms with Gasteiger partial charge in [0.25, 0.3) is 5.91 Å². The average molecular weight is 482 g/mol. The third-order valence-corrected chi connectivity index (χ3v) is 7.01.